The topological polar surface area (TPSA) is 86.5 Å². The Balaban J connectivity index is 1.51. The van der Waals surface area contributed by atoms with E-state index in [4.69, 9.17) is 4.74 Å². The van der Waals surface area contributed by atoms with Gasteiger partial charge in [-0.1, -0.05) is 0 Å². The molecule has 2 aromatic rings. The average molecular weight is 499 g/mol. The maximum absolute atomic E-state index is 14.2. The number of carbonyl (C=O) groups is 1. The minimum absolute atomic E-state index is 0.0835. The molecule has 36 heavy (non-hydrogen) atoms. The number of hydrogen-bond acceptors (Lipinski definition) is 5. The van der Waals surface area contributed by atoms with Crippen molar-refractivity contribution in [3.8, 4) is 11.3 Å². The van der Waals surface area contributed by atoms with Crippen molar-refractivity contribution in [3.63, 3.8) is 0 Å². The number of nitrogens with zero attached hydrogens (tertiary/aromatic N) is 4. The van der Waals surface area contributed by atoms with Gasteiger partial charge in [0, 0.05) is 80.1 Å². The van der Waals surface area contributed by atoms with Gasteiger partial charge in [0.15, 0.2) is 0 Å². The Labute approximate surface area is 209 Å². The van der Waals surface area contributed by atoms with Crippen molar-refractivity contribution in [1.82, 2.24) is 20.0 Å². The number of carbonyl (C=O) groups excluding carboxylic acids is 1. The van der Waals surface area contributed by atoms with Crippen LogP contribution in [-0.2, 0) is 23.0 Å². The monoisotopic (exact) mass is 498 g/mol. The van der Waals surface area contributed by atoms with Gasteiger partial charge in [-0.05, 0) is 49.4 Å². The lowest BCUT2D eigenvalue weighted by Gasteiger charge is -2.37. The van der Waals surface area contributed by atoms with E-state index >= 15 is 0 Å². The van der Waals surface area contributed by atoms with Crippen LogP contribution in [0.1, 0.15) is 43.2 Å². The van der Waals surface area contributed by atoms with Gasteiger partial charge < -0.3 is 19.9 Å². The van der Waals surface area contributed by atoms with Crippen molar-refractivity contribution in [3.05, 3.63) is 46.8 Å². The van der Waals surface area contributed by atoms with Crippen molar-refractivity contribution in [1.29, 1.82) is 5.41 Å². The van der Waals surface area contributed by atoms with Crippen LogP contribution in [0.25, 0.3) is 11.3 Å². The van der Waals surface area contributed by atoms with Gasteiger partial charge >= 0.3 is 0 Å². The molecule has 0 bridgehead atoms. The van der Waals surface area contributed by atoms with Crippen LogP contribution < -0.4 is 10.2 Å². The number of anilines is 1. The molecular weight excluding hydrogens is 466 g/mol. The first-order valence-corrected chi connectivity index (χ1v) is 12.5. The van der Waals surface area contributed by atoms with Gasteiger partial charge in [0.25, 0.3) is 6.43 Å². The molecule has 4 heterocycles. The molecule has 0 unspecified atom stereocenters. The highest BCUT2D eigenvalue weighted by molar-refractivity contribution is 6.09. The van der Waals surface area contributed by atoms with E-state index in [1.807, 2.05) is 11.0 Å². The summed E-state index contributed by atoms with van der Waals surface area (Å²) in [6, 6.07) is 5.35. The van der Waals surface area contributed by atoms with Crippen LogP contribution in [-0.4, -0.2) is 65.8 Å². The zero-order valence-corrected chi connectivity index (χ0v) is 20.5. The van der Waals surface area contributed by atoms with Crippen molar-refractivity contribution in [2.24, 2.45) is 7.05 Å². The van der Waals surface area contributed by atoms with Gasteiger partial charge in [0.1, 0.15) is 5.84 Å². The Morgan fingerprint density at radius 2 is 2.06 bits per heavy atom. The van der Waals surface area contributed by atoms with Crippen molar-refractivity contribution < 1.29 is 18.3 Å². The summed E-state index contributed by atoms with van der Waals surface area (Å²) in [5.41, 5.74) is 4.16. The Hall–Kier alpha value is -3.27. The Kier molecular flexibility index (Phi) is 7.04. The minimum Gasteiger partial charge on any atom is -0.385 e. The summed E-state index contributed by atoms with van der Waals surface area (Å²) in [6.45, 7) is 2.88. The number of aryl methyl sites for hydroxylation is 2. The molecule has 3 aliphatic heterocycles. The number of nitrogens with one attached hydrogen (secondary N) is 2. The lowest BCUT2D eigenvalue weighted by Crippen LogP contribution is -2.45. The molecule has 1 saturated heterocycles. The van der Waals surface area contributed by atoms with Crippen LogP contribution in [0.4, 0.5) is 14.5 Å². The van der Waals surface area contributed by atoms with Crippen LogP contribution in [0.15, 0.2) is 35.7 Å². The van der Waals surface area contributed by atoms with Gasteiger partial charge in [-0.3, -0.25) is 14.9 Å². The molecule has 2 N–H and O–H groups in total. The molecule has 0 spiro atoms. The van der Waals surface area contributed by atoms with E-state index < -0.39 is 6.43 Å². The molecule has 1 aromatic carbocycles. The molecule has 1 aromatic heterocycles. The van der Waals surface area contributed by atoms with Crippen molar-refractivity contribution >= 4 is 17.9 Å². The molecule has 3 aliphatic rings. The number of benzene rings is 1. The Bertz CT molecular complexity index is 1170. The molecule has 0 saturated carbocycles. The lowest BCUT2D eigenvalue weighted by molar-refractivity contribution is -0.117. The summed E-state index contributed by atoms with van der Waals surface area (Å²) in [5, 5.41) is 17.1. The van der Waals surface area contributed by atoms with Gasteiger partial charge in [0.2, 0.25) is 6.41 Å². The Morgan fingerprint density at radius 3 is 2.75 bits per heavy atom. The zero-order valence-electron chi connectivity index (χ0n) is 20.5. The predicted octanol–water partition coefficient (Wildman–Crippen LogP) is 3.64. The predicted molar refractivity (Wildman–Crippen MR) is 133 cm³/mol. The number of rotatable bonds is 6. The zero-order chi connectivity index (χ0) is 25.2. The number of aromatic nitrogens is 2. The number of alkyl halides is 2. The summed E-state index contributed by atoms with van der Waals surface area (Å²) < 4.78 is 35.5. The summed E-state index contributed by atoms with van der Waals surface area (Å²) in [5.74, 6) is 0.267. The van der Waals surface area contributed by atoms with Crippen LogP contribution in [0.2, 0.25) is 0 Å². The summed E-state index contributed by atoms with van der Waals surface area (Å²) in [6.07, 6.45) is 3.85. The summed E-state index contributed by atoms with van der Waals surface area (Å²) in [7, 11) is 1.76. The molecule has 1 amide bonds. The molecule has 8 nitrogen and oxygen atoms in total. The quantitative estimate of drug-likeness (QED) is 0.361. The highest BCUT2D eigenvalue weighted by Gasteiger charge is 2.31. The number of ether oxygens (including phenoxy) is 1. The second-order valence-corrected chi connectivity index (χ2v) is 9.66. The van der Waals surface area contributed by atoms with Gasteiger partial charge in [0.05, 0.1) is 12.2 Å². The maximum atomic E-state index is 14.2. The van der Waals surface area contributed by atoms with Crippen LogP contribution in [0.3, 0.4) is 0 Å². The normalized spacial score (nSPS) is 19.0. The van der Waals surface area contributed by atoms with Gasteiger partial charge in [-0.15, -0.1) is 0 Å². The van der Waals surface area contributed by atoms with Crippen molar-refractivity contribution in [2.45, 2.75) is 44.6 Å². The third-order valence-electron chi connectivity index (χ3n) is 7.27. The number of fused-ring (bicyclic) bond motifs is 1. The molecule has 0 radical (unpaired) electrons. The third kappa shape index (κ3) is 4.86. The lowest BCUT2D eigenvalue weighted by atomic mass is 9.93. The molecule has 0 atom stereocenters. The summed E-state index contributed by atoms with van der Waals surface area (Å²) >= 11 is 0. The first-order chi connectivity index (χ1) is 17.4. The molecule has 0 aliphatic carbocycles. The standard InChI is InChI=1S/C26H32F2N6O2/c1-32-9-4-23(31-32)19-13-17-3-2-8-34(24(17)14-20(19)25(27)28)26(29)21-15-33(16-35)10-5-22(21)30-18-6-11-36-12-7-18/h4,9,13-14,16,18,25,29-30H,2-3,5-8,10-12,15H2,1H3. The van der Waals surface area contributed by atoms with Crippen LogP contribution in [0, 0.1) is 5.41 Å². The molecular formula is C26H32F2N6O2. The first-order valence-electron chi connectivity index (χ1n) is 12.5. The van der Waals surface area contributed by atoms with Crippen molar-refractivity contribution in [2.75, 3.05) is 37.7 Å². The first kappa shape index (κ1) is 24.4. The van der Waals surface area contributed by atoms with Crippen LogP contribution in [0.5, 0.6) is 0 Å². The summed E-state index contributed by atoms with van der Waals surface area (Å²) in [4.78, 5) is 15.1. The van der Waals surface area contributed by atoms with E-state index in [0.29, 0.717) is 56.2 Å². The van der Waals surface area contributed by atoms with E-state index in [9.17, 15) is 19.0 Å². The van der Waals surface area contributed by atoms with E-state index in [0.717, 1.165) is 48.9 Å². The van der Waals surface area contributed by atoms with E-state index in [-0.39, 0.29) is 17.4 Å². The largest absolute Gasteiger partial charge is 0.385 e. The van der Waals surface area contributed by atoms with Gasteiger partial charge in [-0.2, -0.15) is 5.10 Å². The van der Waals surface area contributed by atoms with E-state index in [1.54, 1.807) is 28.9 Å². The fourth-order valence-corrected chi connectivity index (χ4v) is 5.34. The highest BCUT2D eigenvalue weighted by Crippen LogP contribution is 2.39. The molecule has 5 rings (SSSR count). The third-order valence-corrected chi connectivity index (χ3v) is 7.27. The second-order valence-electron chi connectivity index (χ2n) is 9.66. The molecule has 1 fully saturated rings. The average Bonchev–Trinajstić information content (AvgIpc) is 3.34. The van der Waals surface area contributed by atoms with Gasteiger partial charge in [-0.25, -0.2) is 8.78 Å². The van der Waals surface area contributed by atoms with Crippen LogP contribution >= 0.6 is 0 Å². The second kappa shape index (κ2) is 10.4. The van der Waals surface area contributed by atoms with E-state index in [2.05, 4.69) is 10.4 Å². The number of hydrogen-bond donors (Lipinski definition) is 2. The Morgan fingerprint density at radius 1 is 1.25 bits per heavy atom. The van der Waals surface area contributed by atoms with E-state index in [1.165, 1.54) is 6.07 Å². The number of amidine groups is 1. The fraction of sp³-hybridized carbons (Fsp3) is 0.500. The number of amides is 1. The number of halogens is 2. The maximum Gasteiger partial charge on any atom is 0.264 e. The SMILES string of the molecule is Cn1ccc(-c2cc3c(cc2C(F)F)N(C(=N)C2=C(NC4CCOCC4)CCN(C=O)C2)CCC3)n1. The molecule has 192 valence electrons. The minimum atomic E-state index is -2.67. The fourth-order valence-electron chi connectivity index (χ4n) is 5.34. The smallest absolute Gasteiger partial charge is 0.264 e. The molecule has 10 heteroatoms. The highest BCUT2D eigenvalue weighted by atomic mass is 19.3.